The fraction of sp³-hybridized carbons (Fsp3) is 0.929. The Morgan fingerprint density at radius 1 is 1.50 bits per heavy atom. The van der Waals surface area contributed by atoms with E-state index in [1.807, 2.05) is 0 Å². The number of rotatable bonds is 7. The molecule has 0 aliphatic carbocycles. The molecule has 0 bridgehead atoms. The highest BCUT2D eigenvalue weighted by Crippen LogP contribution is 2.15. The fourth-order valence-electron chi connectivity index (χ4n) is 2.71. The molecule has 2 unspecified atom stereocenters. The Morgan fingerprint density at radius 3 is 2.89 bits per heavy atom. The van der Waals surface area contributed by atoms with Crippen molar-refractivity contribution in [2.24, 2.45) is 11.7 Å². The number of likely N-dealkylation sites (N-methyl/N-ethyl adjacent to an activating group) is 1. The first-order valence-electron chi connectivity index (χ1n) is 7.33. The molecule has 4 nitrogen and oxygen atoms in total. The third-order valence-electron chi connectivity index (χ3n) is 3.92. The third kappa shape index (κ3) is 5.83. The Bertz CT molecular complexity index is 245. The van der Waals surface area contributed by atoms with Gasteiger partial charge in [0.1, 0.15) is 0 Å². The van der Waals surface area contributed by atoms with Crippen LogP contribution in [0.15, 0.2) is 0 Å². The average Bonchev–Trinajstić information content (AvgIpc) is 2.34. The third-order valence-corrected chi connectivity index (χ3v) is 3.92. The van der Waals surface area contributed by atoms with Gasteiger partial charge >= 0.3 is 0 Å². The SMILES string of the molecule is CCC(CCN)CCC(=O)NC1CCCN(C)C1. The summed E-state index contributed by atoms with van der Waals surface area (Å²) in [5.41, 5.74) is 5.57. The summed E-state index contributed by atoms with van der Waals surface area (Å²) < 4.78 is 0. The van der Waals surface area contributed by atoms with E-state index in [2.05, 4.69) is 24.2 Å². The molecule has 2 atom stereocenters. The lowest BCUT2D eigenvalue weighted by atomic mass is 9.96. The van der Waals surface area contributed by atoms with E-state index in [0.29, 0.717) is 18.4 Å². The van der Waals surface area contributed by atoms with Gasteiger partial charge in [-0.2, -0.15) is 0 Å². The van der Waals surface area contributed by atoms with Gasteiger partial charge in [-0.3, -0.25) is 4.79 Å². The van der Waals surface area contributed by atoms with Gasteiger partial charge in [0, 0.05) is 19.0 Å². The number of nitrogens with zero attached hydrogens (tertiary/aromatic N) is 1. The molecule has 18 heavy (non-hydrogen) atoms. The number of carbonyl (C=O) groups is 1. The number of hydrogen-bond donors (Lipinski definition) is 2. The molecule has 0 aromatic carbocycles. The maximum atomic E-state index is 11.9. The quantitative estimate of drug-likeness (QED) is 0.722. The number of carbonyl (C=O) groups excluding carboxylic acids is 1. The first kappa shape index (κ1) is 15.4. The monoisotopic (exact) mass is 255 g/mol. The summed E-state index contributed by atoms with van der Waals surface area (Å²) >= 11 is 0. The zero-order valence-corrected chi connectivity index (χ0v) is 12.0. The molecule has 1 aliphatic rings. The number of amides is 1. The van der Waals surface area contributed by atoms with Crippen LogP contribution in [-0.4, -0.2) is 43.5 Å². The van der Waals surface area contributed by atoms with Crippen molar-refractivity contribution in [2.45, 2.75) is 51.5 Å². The number of piperidine rings is 1. The highest BCUT2D eigenvalue weighted by atomic mass is 16.1. The summed E-state index contributed by atoms with van der Waals surface area (Å²) in [6, 6.07) is 0.353. The Balaban J connectivity index is 2.20. The molecule has 1 amide bonds. The van der Waals surface area contributed by atoms with Crippen LogP contribution < -0.4 is 11.1 Å². The maximum Gasteiger partial charge on any atom is 0.220 e. The topological polar surface area (TPSA) is 58.4 Å². The summed E-state index contributed by atoms with van der Waals surface area (Å²) in [4.78, 5) is 14.2. The van der Waals surface area contributed by atoms with E-state index >= 15 is 0 Å². The summed E-state index contributed by atoms with van der Waals surface area (Å²) in [6.45, 7) is 5.05. The predicted octanol–water partition coefficient (Wildman–Crippen LogP) is 1.35. The smallest absolute Gasteiger partial charge is 0.220 e. The Hall–Kier alpha value is -0.610. The van der Waals surface area contributed by atoms with Gasteiger partial charge in [-0.25, -0.2) is 0 Å². The Kier molecular flexibility index (Phi) is 7.28. The molecule has 0 saturated carbocycles. The van der Waals surface area contributed by atoms with Crippen LogP contribution in [0.2, 0.25) is 0 Å². The first-order valence-corrected chi connectivity index (χ1v) is 7.33. The molecule has 1 rings (SSSR count). The largest absolute Gasteiger partial charge is 0.352 e. The average molecular weight is 255 g/mol. The Morgan fingerprint density at radius 2 is 2.28 bits per heavy atom. The van der Waals surface area contributed by atoms with Crippen molar-refractivity contribution >= 4 is 5.91 Å². The molecule has 0 spiro atoms. The minimum atomic E-state index is 0.214. The summed E-state index contributed by atoms with van der Waals surface area (Å²) in [5.74, 6) is 0.820. The molecule has 1 saturated heterocycles. The van der Waals surface area contributed by atoms with Gasteiger partial charge in [-0.1, -0.05) is 13.3 Å². The highest BCUT2D eigenvalue weighted by Gasteiger charge is 2.19. The van der Waals surface area contributed by atoms with E-state index < -0.39 is 0 Å². The summed E-state index contributed by atoms with van der Waals surface area (Å²) in [7, 11) is 2.12. The predicted molar refractivity (Wildman–Crippen MR) is 75.3 cm³/mol. The molecule has 1 heterocycles. The van der Waals surface area contributed by atoms with Crippen LogP contribution in [0.3, 0.4) is 0 Å². The Labute approximate surface area is 111 Å². The van der Waals surface area contributed by atoms with Gasteiger partial charge in [0.15, 0.2) is 0 Å². The molecule has 0 aromatic rings. The minimum Gasteiger partial charge on any atom is -0.352 e. The van der Waals surface area contributed by atoms with Crippen LogP contribution in [0.4, 0.5) is 0 Å². The van der Waals surface area contributed by atoms with Gasteiger partial charge in [-0.15, -0.1) is 0 Å². The van der Waals surface area contributed by atoms with Crippen LogP contribution in [0.25, 0.3) is 0 Å². The van der Waals surface area contributed by atoms with Crippen LogP contribution in [0.5, 0.6) is 0 Å². The lowest BCUT2D eigenvalue weighted by molar-refractivity contribution is -0.122. The molecule has 3 N–H and O–H groups in total. The number of nitrogens with one attached hydrogen (secondary N) is 1. The van der Waals surface area contributed by atoms with E-state index in [0.717, 1.165) is 45.3 Å². The highest BCUT2D eigenvalue weighted by molar-refractivity contribution is 5.76. The fourth-order valence-corrected chi connectivity index (χ4v) is 2.71. The molecule has 106 valence electrons. The second kappa shape index (κ2) is 8.48. The lowest BCUT2D eigenvalue weighted by Gasteiger charge is -2.30. The van der Waals surface area contributed by atoms with E-state index in [-0.39, 0.29) is 5.91 Å². The standard InChI is InChI=1S/C14H29N3O/c1-3-12(8-9-15)6-7-14(18)16-13-5-4-10-17(2)11-13/h12-13H,3-11,15H2,1-2H3,(H,16,18). The zero-order valence-electron chi connectivity index (χ0n) is 12.0. The van der Waals surface area contributed by atoms with Crippen molar-refractivity contribution < 1.29 is 4.79 Å². The van der Waals surface area contributed by atoms with Crippen molar-refractivity contribution in [3.05, 3.63) is 0 Å². The van der Waals surface area contributed by atoms with Gasteiger partial charge in [-0.05, 0) is 51.7 Å². The second-order valence-corrected chi connectivity index (χ2v) is 5.56. The van der Waals surface area contributed by atoms with Crippen LogP contribution in [0, 0.1) is 5.92 Å². The lowest BCUT2D eigenvalue weighted by Crippen LogP contribution is -2.46. The van der Waals surface area contributed by atoms with Crippen molar-refractivity contribution in [1.29, 1.82) is 0 Å². The maximum absolute atomic E-state index is 11.9. The van der Waals surface area contributed by atoms with Crippen LogP contribution >= 0.6 is 0 Å². The molecule has 0 radical (unpaired) electrons. The molecule has 4 heteroatoms. The molecule has 0 aromatic heterocycles. The summed E-state index contributed by atoms with van der Waals surface area (Å²) in [5, 5.41) is 3.16. The van der Waals surface area contributed by atoms with E-state index in [1.54, 1.807) is 0 Å². The van der Waals surface area contributed by atoms with Gasteiger partial charge in [0.25, 0.3) is 0 Å². The van der Waals surface area contributed by atoms with E-state index in [1.165, 1.54) is 6.42 Å². The van der Waals surface area contributed by atoms with Crippen molar-refractivity contribution in [3.63, 3.8) is 0 Å². The van der Waals surface area contributed by atoms with Crippen molar-refractivity contribution in [2.75, 3.05) is 26.7 Å². The molecular formula is C14H29N3O. The normalized spacial score (nSPS) is 22.7. The van der Waals surface area contributed by atoms with Crippen LogP contribution in [0.1, 0.15) is 45.4 Å². The van der Waals surface area contributed by atoms with Gasteiger partial charge in [0.2, 0.25) is 5.91 Å². The molecular weight excluding hydrogens is 226 g/mol. The van der Waals surface area contributed by atoms with E-state index in [9.17, 15) is 4.79 Å². The second-order valence-electron chi connectivity index (χ2n) is 5.56. The molecule has 1 aliphatic heterocycles. The number of nitrogens with two attached hydrogens (primary N) is 1. The molecule has 1 fully saturated rings. The van der Waals surface area contributed by atoms with Gasteiger partial charge in [0.05, 0.1) is 0 Å². The van der Waals surface area contributed by atoms with E-state index in [4.69, 9.17) is 5.73 Å². The minimum absolute atomic E-state index is 0.214. The van der Waals surface area contributed by atoms with Crippen molar-refractivity contribution in [1.82, 2.24) is 10.2 Å². The first-order chi connectivity index (χ1) is 8.65. The summed E-state index contributed by atoms with van der Waals surface area (Å²) in [6.07, 6.45) is 6.09. The zero-order chi connectivity index (χ0) is 13.4. The van der Waals surface area contributed by atoms with Crippen molar-refractivity contribution in [3.8, 4) is 0 Å². The van der Waals surface area contributed by atoms with Gasteiger partial charge < -0.3 is 16.0 Å². The number of hydrogen-bond acceptors (Lipinski definition) is 3. The van der Waals surface area contributed by atoms with Crippen LogP contribution in [-0.2, 0) is 4.79 Å². The number of likely N-dealkylation sites (tertiary alicyclic amines) is 1.